The van der Waals surface area contributed by atoms with E-state index < -0.39 is 16.0 Å². The van der Waals surface area contributed by atoms with Crippen molar-refractivity contribution in [2.75, 3.05) is 11.5 Å². The molecule has 0 aromatic heterocycles. The Morgan fingerprint density at radius 3 is 1.75 bits per heavy atom. The Labute approximate surface area is 104 Å². The molecule has 0 aliphatic rings. The second kappa shape index (κ2) is 7.06. The number of carbonyl (C=O) groups is 2. The van der Waals surface area contributed by atoms with E-state index in [1.54, 1.807) is 0 Å². The van der Waals surface area contributed by atoms with Gasteiger partial charge in [-0.05, 0) is 19.3 Å². The second-order valence-corrected chi connectivity index (χ2v) is 7.27. The Hall–Kier alpha value is -0.360. The molecule has 0 atom stereocenters. The predicted octanol–water partition coefficient (Wildman–Crippen LogP) is -0.285. The van der Waals surface area contributed by atoms with Gasteiger partial charge in [-0.2, -0.15) is 0 Å². The van der Waals surface area contributed by atoms with Crippen LogP contribution in [0.4, 0.5) is 0 Å². The van der Waals surface area contributed by atoms with Crippen molar-refractivity contribution in [3.63, 3.8) is 0 Å². The second-order valence-electron chi connectivity index (χ2n) is 4.05. The van der Waals surface area contributed by atoms with E-state index in [1.165, 1.54) is 23.5 Å². The molecule has 6 heteroatoms. The maximum atomic E-state index is 10.4. The van der Waals surface area contributed by atoms with Gasteiger partial charge < -0.3 is 19.8 Å². The Bertz CT molecular complexity index is 235. The van der Waals surface area contributed by atoms with E-state index in [-0.39, 0.29) is 11.5 Å². The molecule has 0 aromatic carbocycles. The van der Waals surface area contributed by atoms with Crippen LogP contribution < -0.4 is 10.2 Å². The van der Waals surface area contributed by atoms with Crippen LogP contribution in [0.15, 0.2) is 0 Å². The number of hydrogen-bond acceptors (Lipinski definition) is 6. The van der Waals surface area contributed by atoms with Gasteiger partial charge in [0.2, 0.25) is 0 Å². The van der Waals surface area contributed by atoms with E-state index in [2.05, 4.69) is 0 Å². The molecule has 0 fully saturated rings. The molecule has 0 N–H and O–H groups in total. The fourth-order valence-corrected chi connectivity index (χ4v) is 3.76. The van der Waals surface area contributed by atoms with Gasteiger partial charge in [0.15, 0.2) is 0 Å². The summed E-state index contributed by atoms with van der Waals surface area (Å²) in [5, 5.41) is 20.8. The summed E-state index contributed by atoms with van der Waals surface area (Å²) in [4.78, 5) is 20.8. The molecule has 0 saturated heterocycles. The first-order chi connectivity index (χ1) is 7.25. The van der Waals surface area contributed by atoms with Crippen LogP contribution in [-0.4, -0.2) is 27.5 Å². The van der Waals surface area contributed by atoms with Crippen molar-refractivity contribution in [1.82, 2.24) is 0 Å². The molecular weight excluding hydrogens is 248 g/mol. The van der Waals surface area contributed by atoms with E-state index in [0.717, 1.165) is 6.42 Å². The Kier molecular flexibility index (Phi) is 6.90. The van der Waals surface area contributed by atoms with Crippen molar-refractivity contribution in [2.24, 2.45) is 5.92 Å². The van der Waals surface area contributed by atoms with Crippen LogP contribution >= 0.6 is 23.5 Å². The quantitative estimate of drug-likeness (QED) is 0.561. The highest BCUT2D eigenvalue weighted by Gasteiger charge is 2.26. The van der Waals surface area contributed by atoms with Gasteiger partial charge in [-0.3, -0.25) is 0 Å². The molecule has 94 valence electrons. The third-order valence-electron chi connectivity index (χ3n) is 1.77. The molecule has 0 aromatic rings. The van der Waals surface area contributed by atoms with Crippen LogP contribution in [0.1, 0.15) is 27.2 Å². The Balaban J connectivity index is 4.34. The predicted molar refractivity (Wildman–Crippen MR) is 62.8 cm³/mol. The van der Waals surface area contributed by atoms with Crippen molar-refractivity contribution in [2.45, 2.75) is 31.3 Å². The highest BCUT2D eigenvalue weighted by Crippen LogP contribution is 2.41. The molecule has 0 aliphatic heterocycles. The maximum absolute atomic E-state index is 10.4. The number of carboxylic acids is 2. The lowest BCUT2D eigenvalue weighted by Gasteiger charge is -2.30. The van der Waals surface area contributed by atoms with Gasteiger partial charge in [-0.15, -0.1) is 23.5 Å². The highest BCUT2D eigenvalue weighted by molar-refractivity contribution is 8.18. The normalized spacial score (nSPS) is 11.8. The van der Waals surface area contributed by atoms with Crippen LogP contribution in [0.5, 0.6) is 0 Å². The van der Waals surface area contributed by atoms with Crippen LogP contribution in [0.25, 0.3) is 0 Å². The summed E-state index contributed by atoms with van der Waals surface area (Å²) in [6, 6.07) is 0. The fourth-order valence-electron chi connectivity index (χ4n) is 1.32. The molecule has 0 rings (SSSR count). The molecule has 0 radical (unpaired) electrons. The standard InChI is InChI=1S/C10H18O4S2/c1-7(2)4-10(3,15-5-8(11)12)16-6-9(13)14/h7H,4-6H2,1-3H3,(H,11,12)(H,13,14)/p-2. The van der Waals surface area contributed by atoms with Crippen LogP contribution in [0, 0.1) is 5.92 Å². The average molecular weight is 264 g/mol. The van der Waals surface area contributed by atoms with E-state index >= 15 is 0 Å². The van der Waals surface area contributed by atoms with Gasteiger partial charge in [0.25, 0.3) is 0 Å². The molecule has 0 saturated carbocycles. The van der Waals surface area contributed by atoms with Gasteiger partial charge in [0.1, 0.15) is 0 Å². The number of aliphatic carboxylic acids is 2. The summed E-state index contributed by atoms with van der Waals surface area (Å²) in [5.74, 6) is -2.14. The largest absolute Gasteiger partial charge is 0.549 e. The van der Waals surface area contributed by atoms with E-state index in [4.69, 9.17) is 0 Å². The lowest BCUT2D eigenvalue weighted by Crippen LogP contribution is -2.31. The lowest BCUT2D eigenvalue weighted by molar-refractivity contribution is -0.302. The Morgan fingerprint density at radius 1 is 1.12 bits per heavy atom. The van der Waals surface area contributed by atoms with E-state index in [0.29, 0.717) is 5.92 Å². The van der Waals surface area contributed by atoms with Gasteiger partial charge in [-0.25, -0.2) is 0 Å². The summed E-state index contributed by atoms with van der Waals surface area (Å²) in [5.41, 5.74) is 0. The number of hydrogen-bond donors (Lipinski definition) is 0. The number of carbonyl (C=O) groups excluding carboxylic acids is 2. The van der Waals surface area contributed by atoms with Crippen molar-refractivity contribution in [3.8, 4) is 0 Å². The topological polar surface area (TPSA) is 80.3 Å². The zero-order valence-corrected chi connectivity index (χ0v) is 11.3. The lowest BCUT2D eigenvalue weighted by atomic mass is 10.1. The third kappa shape index (κ3) is 7.87. The molecule has 0 spiro atoms. The molecule has 0 aliphatic carbocycles. The van der Waals surface area contributed by atoms with E-state index in [9.17, 15) is 19.8 Å². The third-order valence-corrected chi connectivity index (χ3v) is 4.79. The summed E-state index contributed by atoms with van der Waals surface area (Å²) in [6.07, 6.45) is 0.739. The van der Waals surface area contributed by atoms with Crippen molar-refractivity contribution < 1.29 is 19.8 Å². The van der Waals surface area contributed by atoms with Crippen LogP contribution in [0.3, 0.4) is 0 Å². The van der Waals surface area contributed by atoms with Gasteiger partial charge in [-0.1, -0.05) is 13.8 Å². The highest BCUT2D eigenvalue weighted by atomic mass is 32.2. The summed E-state index contributed by atoms with van der Waals surface area (Å²) in [7, 11) is 0. The van der Waals surface area contributed by atoms with E-state index in [1.807, 2.05) is 20.8 Å². The number of thioether (sulfide) groups is 2. The smallest absolute Gasteiger partial charge is 0.0593 e. The van der Waals surface area contributed by atoms with Crippen molar-refractivity contribution >= 4 is 35.5 Å². The minimum absolute atomic E-state index is 0.122. The van der Waals surface area contributed by atoms with Crippen LogP contribution in [0.2, 0.25) is 0 Å². The first-order valence-corrected chi connectivity index (χ1v) is 6.90. The zero-order chi connectivity index (χ0) is 12.8. The maximum Gasteiger partial charge on any atom is 0.0593 e. The number of carboxylic acid groups (broad SMARTS) is 2. The summed E-state index contributed by atoms with van der Waals surface area (Å²) < 4.78 is -0.422. The molecule has 16 heavy (non-hydrogen) atoms. The first-order valence-electron chi connectivity index (χ1n) is 4.93. The monoisotopic (exact) mass is 264 g/mol. The van der Waals surface area contributed by atoms with Crippen molar-refractivity contribution in [3.05, 3.63) is 0 Å². The minimum atomic E-state index is -1.13. The molecule has 4 nitrogen and oxygen atoms in total. The number of rotatable bonds is 8. The minimum Gasteiger partial charge on any atom is -0.549 e. The Morgan fingerprint density at radius 2 is 1.50 bits per heavy atom. The fraction of sp³-hybridized carbons (Fsp3) is 0.800. The summed E-state index contributed by atoms with van der Waals surface area (Å²) in [6.45, 7) is 5.88. The van der Waals surface area contributed by atoms with Crippen molar-refractivity contribution in [1.29, 1.82) is 0 Å². The van der Waals surface area contributed by atoms with Gasteiger partial charge in [0, 0.05) is 11.5 Å². The first kappa shape index (κ1) is 15.6. The van der Waals surface area contributed by atoms with Gasteiger partial charge in [0.05, 0.1) is 16.0 Å². The molecule has 0 bridgehead atoms. The van der Waals surface area contributed by atoms with Gasteiger partial charge >= 0.3 is 0 Å². The SMILES string of the molecule is CC(C)CC(C)(SCC(=O)[O-])SCC(=O)[O-]. The average Bonchev–Trinajstić information content (AvgIpc) is 2.11. The summed E-state index contributed by atoms with van der Waals surface area (Å²) >= 11 is 2.42. The van der Waals surface area contributed by atoms with Crippen LogP contribution in [-0.2, 0) is 9.59 Å². The molecular formula is C10H16O4S2-2. The molecule has 0 amide bonds. The molecule has 0 unspecified atom stereocenters. The molecule has 0 heterocycles. The zero-order valence-electron chi connectivity index (χ0n) is 9.65.